The number of nitrogens with one attached hydrogen (secondary N) is 9. The summed E-state index contributed by atoms with van der Waals surface area (Å²) in [6.07, 6.45) is 1.93. The van der Waals surface area contributed by atoms with Crippen molar-refractivity contribution in [3.63, 3.8) is 0 Å². The molecular formula is C59H107N15O13. The van der Waals surface area contributed by atoms with Gasteiger partial charge in [0.25, 0.3) is 0 Å². The zero-order valence-corrected chi connectivity index (χ0v) is 52.1. The number of rotatable bonds is 47. The summed E-state index contributed by atoms with van der Waals surface area (Å²) in [5, 5.41) is 54.4. The number of carbonyl (C=O) groups excluding carboxylic acids is 9. The Morgan fingerprint density at radius 3 is 1.03 bits per heavy atom. The smallest absolute Gasteiger partial charge is 0.328 e. The molecule has 13 atom stereocenters. The van der Waals surface area contributed by atoms with E-state index in [9.17, 15) is 63.3 Å². The number of aliphatic hydroxyl groups excluding tert-OH is 2. The summed E-state index contributed by atoms with van der Waals surface area (Å²) >= 11 is 0. The van der Waals surface area contributed by atoms with Crippen molar-refractivity contribution in [1.82, 2.24) is 47.9 Å². The van der Waals surface area contributed by atoms with Crippen LogP contribution in [0.5, 0.6) is 0 Å². The Labute approximate surface area is 513 Å². The number of nitrogens with two attached hydrogens (primary N) is 6. The van der Waals surface area contributed by atoms with Crippen LogP contribution in [0.25, 0.3) is 0 Å². The minimum Gasteiger partial charge on any atom is -0.480 e. The standard InChI is InChI=1S/C59H107N15O13/c1-7-36(4)47(65)57(84)69-44(27-15-20-32-64)53(80)73-48(37(5)75)58(85)70-42(25-13-18-30-62)51(78)66-41(24-12-17-29-61)52(79)72-46(34-39-21-9-8-10-22-39)56(83)71-45(33-35(2)3)55(82)68-40(23-11-16-28-60)50(77)67-43(26-14-19-31-63)54(81)74-49(38(6)76)59(86)87/h8-10,21-22,35-38,40-49,75-76H,7,11-20,23-34,60-65H2,1-6H3,(H,66,78)(H,67,77)(H,68,82)(H,69,84)(H,70,85)(H,71,83)(H,72,79)(H,73,80)(H,74,81)(H,86,87)/t36-,37+,38+,40-,41-,42-,43-,44-,45-,46-,47-,48-,49-/m0/s1. The average Bonchev–Trinajstić information content (AvgIpc) is 3.67. The van der Waals surface area contributed by atoms with Gasteiger partial charge < -0.3 is 97.6 Å². The van der Waals surface area contributed by atoms with Gasteiger partial charge in [-0.25, -0.2) is 4.79 Å². The van der Waals surface area contributed by atoms with E-state index in [0.717, 1.165) is 0 Å². The number of unbranched alkanes of at least 4 members (excludes halogenated alkanes) is 5. The number of benzene rings is 1. The van der Waals surface area contributed by atoms with Crippen molar-refractivity contribution in [3.8, 4) is 0 Å². The lowest BCUT2D eigenvalue weighted by Gasteiger charge is -2.29. The molecule has 0 aromatic heterocycles. The van der Waals surface area contributed by atoms with E-state index in [1.54, 1.807) is 51.1 Å². The Morgan fingerprint density at radius 2 is 0.701 bits per heavy atom. The second-order valence-corrected chi connectivity index (χ2v) is 22.9. The minimum absolute atomic E-state index is 0.00737. The fraction of sp³-hybridized carbons (Fsp3) is 0.729. The number of amides is 9. The van der Waals surface area contributed by atoms with Crippen LogP contribution in [-0.2, 0) is 54.4 Å². The third-order valence-corrected chi connectivity index (χ3v) is 14.8. The zero-order valence-electron chi connectivity index (χ0n) is 52.1. The van der Waals surface area contributed by atoms with Crippen LogP contribution < -0.4 is 82.3 Å². The quantitative estimate of drug-likeness (QED) is 0.0300. The predicted octanol–water partition coefficient (Wildman–Crippen LogP) is -2.50. The highest BCUT2D eigenvalue weighted by Crippen LogP contribution is 2.14. The maximum absolute atomic E-state index is 14.7. The summed E-state index contributed by atoms with van der Waals surface area (Å²) in [6.45, 7) is 11.1. The van der Waals surface area contributed by atoms with Gasteiger partial charge in [0.2, 0.25) is 53.2 Å². The predicted molar refractivity (Wildman–Crippen MR) is 330 cm³/mol. The molecule has 1 aromatic carbocycles. The Balaban J connectivity index is 3.69. The average molecular weight is 1230 g/mol. The molecule has 28 nitrogen and oxygen atoms in total. The van der Waals surface area contributed by atoms with E-state index in [1.807, 2.05) is 6.92 Å². The van der Waals surface area contributed by atoms with Crippen molar-refractivity contribution in [3.05, 3.63) is 35.9 Å². The lowest BCUT2D eigenvalue weighted by molar-refractivity contribution is -0.145. The third-order valence-electron chi connectivity index (χ3n) is 14.8. The third kappa shape index (κ3) is 30.9. The largest absolute Gasteiger partial charge is 0.480 e. The monoisotopic (exact) mass is 1230 g/mol. The molecule has 0 unspecified atom stereocenters. The van der Waals surface area contributed by atoms with Gasteiger partial charge in [0.1, 0.15) is 48.3 Å². The molecule has 0 saturated carbocycles. The van der Waals surface area contributed by atoms with Gasteiger partial charge in [0, 0.05) is 6.42 Å². The molecule has 0 spiro atoms. The molecule has 87 heavy (non-hydrogen) atoms. The molecule has 1 rings (SSSR count). The molecule has 24 N–H and O–H groups in total. The Kier molecular flexibility index (Phi) is 39.8. The highest BCUT2D eigenvalue weighted by molar-refractivity contribution is 5.98. The van der Waals surface area contributed by atoms with Crippen LogP contribution in [0.15, 0.2) is 30.3 Å². The highest BCUT2D eigenvalue weighted by atomic mass is 16.4. The summed E-state index contributed by atoms with van der Waals surface area (Å²) in [4.78, 5) is 139. The molecule has 496 valence electrons. The van der Waals surface area contributed by atoms with Gasteiger partial charge in [-0.15, -0.1) is 0 Å². The van der Waals surface area contributed by atoms with E-state index in [4.69, 9.17) is 34.4 Å². The number of carboxylic acid groups (broad SMARTS) is 1. The number of hydrogen-bond donors (Lipinski definition) is 18. The molecule has 0 aliphatic heterocycles. The Morgan fingerprint density at radius 1 is 0.402 bits per heavy atom. The van der Waals surface area contributed by atoms with E-state index < -0.39 is 132 Å². The molecule has 0 heterocycles. The highest BCUT2D eigenvalue weighted by Gasteiger charge is 2.37. The topological polar surface area (TPSA) is 496 Å². The normalized spacial score (nSPS) is 15.9. The van der Waals surface area contributed by atoms with Crippen LogP contribution in [0.4, 0.5) is 0 Å². The molecular weight excluding hydrogens is 1130 g/mol. The summed E-state index contributed by atoms with van der Waals surface area (Å²) in [5.74, 6) is -9.12. The van der Waals surface area contributed by atoms with Crippen LogP contribution in [0.1, 0.15) is 156 Å². The van der Waals surface area contributed by atoms with Crippen molar-refractivity contribution >= 4 is 59.1 Å². The van der Waals surface area contributed by atoms with Gasteiger partial charge in [-0.3, -0.25) is 43.2 Å². The number of aliphatic hydroxyl groups is 2. The van der Waals surface area contributed by atoms with Crippen LogP contribution >= 0.6 is 0 Å². The van der Waals surface area contributed by atoms with Crippen LogP contribution in [-0.4, -0.2) is 180 Å². The first-order chi connectivity index (χ1) is 41.3. The zero-order chi connectivity index (χ0) is 65.6. The number of aliphatic carboxylic acids is 1. The molecule has 0 aliphatic rings. The van der Waals surface area contributed by atoms with E-state index in [2.05, 4.69) is 47.9 Å². The second-order valence-electron chi connectivity index (χ2n) is 22.9. The van der Waals surface area contributed by atoms with Gasteiger partial charge in [-0.05, 0) is 167 Å². The van der Waals surface area contributed by atoms with Crippen molar-refractivity contribution in [2.75, 3.05) is 32.7 Å². The van der Waals surface area contributed by atoms with E-state index in [1.165, 1.54) is 13.8 Å². The molecule has 0 saturated heterocycles. The molecule has 9 amide bonds. The summed E-state index contributed by atoms with van der Waals surface area (Å²) in [6, 6.07) is -4.67. The van der Waals surface area contributed by atoms with E-state index in [-0.39, 0.29) is 83.0 Å². The van der Waals surface area contributed by atoms with Gasteiger partial charge in [-0.2, -0.15) is 0 Å². The maximum Gasteiger partial charge on any atom is 0.328 e. The lowest BCUT2D eigenvalue weighted by atomic mass is 9.98. The molecule has 1 aromatic rings. The number of carbonyl (C=O) groups is 10. The fourth-order valence-corrected chi connectivity index (χ4v) is 9.28. The first kappa shape index (κ1) is 78.6. The molecule has 0 bridgehead atoms. The number of carboxylic acids is 1. The molecule has 0 fully saturated rings. The molecule has 0 aliphatic carbocycles. The van der Waals surface area contributed by atoms with Crippen LogP contribution in [0.2, 0.25) is 0 Å². The lowest BCUT2D eigenvalue weighted by Crippen LogP contribution is -2.62. The fourth-order valence-electron chi connectivity index (χ4n) is 9.28. The van der Waals surface area contributed by atoms with E-state index >= 15 is 0 Å². The van der Waals surface area contributed by atoms with Gasteiger partial charge in [-0.1, -0.05) is 64.4 Å². The summed E-state index contributed by atoms with van der Waals surface area (Å²) in [5.41, 5.74) is 35.6. The van der Waals surface area contributed by atoms with Crippen LogP contribution in [0.3, 0.4) is 0 Å². The van der Waals surface area contributed by atoms with E-state index in [0.29, 0.717) is 82.7 Å². The maximum atomic E-state index is 14.7. The molecule has 0 radical (unpaired) electrons. The summed E-state index contributed by atoms with van der Waals surface area (Å²) in [7, 11) is 0. The van der Waals surface area contributed by atoms with Crippen molar-refractivity contribution in [1.29, 1.82) is 0 Å². The number of hydrogen-bond acceptors (Lipinski definition) is 18. The van der Waals surface area contributed by atoms with Crippen molar-refractivity contribution < 1.29 is 63.3 Å². The van der Waals surface area contributed by atoms with Gasteiger partial charge >= 0.3 is 5.97 Å². The summed E-state index contributed by atoms with van der Waals surface area (Å²) < 4.78 is 0. The minimum atomic E-state index is -1.69. The molecule has 28 heteroatoms. The van der Waals surface area contributed by atoms with Gasteiger partial charge in [0.05, 0.1) is 18.2 Å². The SMILES string of the molecule is CC[C@H](C)[C@H](N)C(=O)N[C@@H](CCCCN)C(=O)N[C@H](C(=O)N[C@@H](CCCCN)C(=O)N[C@@H](CCCCN)C(=O)N[C@@H](Cc1ccccc1)C(=O)N[C@@H](CC(C)C)C(=O)N[C@@H](CCCCN)C(=O)N[C@@H](CCCCN)C(=O)N[C@H](C(=O)O)[C@@H](C)O)[C@@H](C)O. The van der Waals surface area contributed by atoms with Gasteiger partial charge in [0.15, 0.2) is 6.04 Å². The Hall–Kier alpha value is -6.40. The van der Waals surface area contributed by atoms with Crippen molar-refractivity contribution in [2.45, 2.75) is 230 Å². The Bertz CT molecular complexity index is 2250. The van der Waals surface area contributed by atoms with Crippen molar-refractivity contribution in [2.24, 2.45) is 46.2 Å². The second kappa shape index (κ2) is 44.1. The first-order valence-corrected chi connectivity index (χ1v) is 30.9. The first-order valence-electron chi connectivity index (χ1n) is 30.9. The van der Waals surface area contributed by atoms with Crippen LogP contribution in [0, 0.1) is 11.8 Å².